The minimum Gasteiger partial charge on any atom is -0.389 e. The van der Waals surface area contributed by atoms with Gasteiger partial charge in [0.2, 0.25) is 0 Å². The molecule has 116 valence electrons. The van der Waals surface area contributed by atoms with Gasteiger partial charge >= 0.3 is 0 Å². The smallest absolute Gasteiger partial charge is 0.105 e. The highest BCUT2D eigenvalue weighted by Gasteiger charge is 2.38. The van der Waals surface area contributed by atoms with Gasteiger partial charge in [-0.1, -0.05) is 43.2 Å². The van der Waals surface area contributed by atoms with Crippen LogP contribution in [-0.2, 0) is 10.2 Å². The second-order valence-corrected chi connectivity index (χ2v) is 6.44. The fraction of sp³-hybridized carbons (Fsp3) is 0.647. The van der Waals surface area contributed by atoms with Crippen LogP contribution in [0.25, 0.3) is 0 Å². The van der Waals surface area contributed by atoms with Crippen molar-refractivity contribution < 1.29 is 14.9 Å². The molecule has 3 N–H and O–H groups in total. The van der Waals surface area contributed by atoms with Crippen molar-refractivity contribution in [1.29, 1.82) is 0 Å². The number of aliphatic hydroxyl groups is 2. The van der Waals surface area contributed by atoms with Crippen molar-refractivity contribution in [2.75, 3.05) is 19.8 Å². The lowest BCUT2D eigenvalue weighted by atomic mass is 9.78. The highest BCUT2D eigenvalue weighted by Crippen LogP contribution is 2.40. The summed E-state index contributed by atoms with van der Waals surface area (Å²) in [4.78, 5) is 0. The van der Waals surface area contributed by atoms with Crippen molar-refractivity contribution in [3.8, 4) is 0 Å². The Balaban J connectivity index is 1.69. The molecule has 2 aliphatic rings. The average molecular weight is 291 g/mol. The summed E-state index contributed by atoms with van der Waals surface area (Å²) in [5.41, 5.74) is 1.53. The van der Waals surface area contributed by atoms with Crippen molar-refractivity contribution in [2.45, 2.75) is 49.3 Å². The number of benzene rings is 1. The molecule has 0 spiro atoms. The summed E-state index contributed by atoms with van der Waals surface area (Å²) >= 11 is 0. The van der Waals surface area contributed by atoms with Crippen LogP contribution in [0.15, 0.2) is 30.3 Å². The third-order valence-electron chi connectivity index (χ3n) is 5.04. The number of ether oxygens (including phenoxy) is 1. The molecule has 0 bridgehead atoms. The highest BCUT2D eigenvalue weighted by molar-refractivity contribution is 5.27. The number of aliphatic hydroxyl groups excluding tert-OH is 2. The Morgan fingerprint density at radius 2 is 1.81 bits per heavy atom. The lowest BCUT2D eigenvalue weighted by Crippen LogP contribution is -2.56. The Morgan fingerprint density at radius 3 is 2.52 bits per heavy atom. The SMILES string of the molecule is O[C@@H]1[C@H](O)COC[C@H]1NCC1(c2ccccc2)CCCC1. The topological polar surface area (TPSA) is 61.7 Å². The molecule has 1 aliphatic carbocycles. The lowest BCUT2D eigenvalue weighted by Gasteiger charge is -2.37. The van der Waals surface area contributed by atoms with E-state index in [1.54, 1.807) is 0 Å². The van der Waals surface area contributed by atoms with E-state index in [0.29, 0.717) is 6.61 Å². The van der Waals surface area contributed by atoms with Crippen LogP contribution >= 0.6 is 0 Å². The van der Waals surface area contributed by atoms with E-state index in [1.165, 1.54) is 31.2 Å². The third kappa shape index (κ3) is 3.14. The zero-order valence-electron chi connectivity index (χ0n) is 12.4. The molecular weight excluding hydrogens is 266 g/mol. The Kier molecular flexibility index (Phi) is 4.60. The first kappa shape index (κ1) is 15.0. The minimum absolute atomic E-state index is 0.156. The summed E-state index contributed by atoms with van der Waals surface area (Å²) in [7, 11) is 0. The zero-order valence-corrected chi connectivity index (χ0v) is 12.4. The van der Waals surface area contributed by atoms with Crippen LogP contribution in [0.2, 0.25) is 0 Å². The molecule has 1 aromatic carbocycles. The number of hydrogen-bond acceptors (Lipinski definition) is 4. The average Bonchev–Trinajstić information content (AvgIpc) is 3.00. The van der Waals surface area contributed by atoms with Gasteiger partial charge in [0.25, 0.3) is 0 Å². The van der Waals surface area contributed by atoms with E-state index >= 15 is 0 Å². The Labute approximate surface area is 126 Å². The van der Waals surface area contributed by atoms with Gasteiger partial charge in [-0.3, -0.25) is 0 Å². The van der Waals surface area contributed by atoms with E-state index in [4.69, 9.17) is 4.74 Å². The summed E-state index contributed by atoms with van der Waals surface area (Å²) in [5.74, 6) is 0. The molecule has 21 heavy (non-hydrogen) atoms. The van der Waals surface area contributed by atoms with Crippen molar-refractivity contribution in [1.82, 2.24) is 5.32 Å². The van der Waals surface area contributed by atoms with E-state index < -0.39 is 12.2 Å². The summed E-state index contributed by atoms with van der Waals surface area (Å²) < 4.78 is 5.35. The summed E-state index contributed by atoms with van der Waals surface area (Å²) in [5, 5.41) is 23.2. The maximum atomic E-state index is 10.1. The van der Waals surface area contributed by atoms with Gasteiger partial charge in [-0.2, -0.15) is 0 Å². The highest BCUT2D eigenvalue weighted by atomic mass is 16.5. The zero-order chi connectivity index (χ0) is 14.7. The van der Waals surface area contributed by atoms with Gasteiger partial charge in [0.15, 0.2) is 0 Å². The van der Waals surface area contributed by atoms with Crippen LogP contribution in [0.1, 0.15) is 31.2 Å². The van der Waals surface area contributed by atoms with E-state index in [-0.39, 0.29) is 18.1 Å². The molecule has 1 heterocycles. The molecule has 2 fully saturated rings. The molecule has 0 aromatic heterocycles. The molecule has 1 saturated heterocycles. The van der Waals surface area contributed by atoms with Gasteiger partial charge in [0.1, 0.15) is 6.10 Å². The number of hydrogen-bond donors (Lipinski definition) is 3. The maximum absolute atomic E-state index is 10.1. The van der Waals surface area contributed by atoms with Crippen molar-refractivity contribution in [3.05, 3.63) is 35.9 Å². The largest absolute Gasteiger partial charge is 0.389 e. The summed E-state index contributed by atoms with van der Waals surface area (Å²) in [6.07, 6.45) is 3.33. The standard InChI is InChI=1S/C17H25NO3/c19-15-11-21-10-14(16(15)20)18-12-17(8-4-5-9-17)13-6-2-1-3-7-13/h1-3,6-7,14-16,18-20H,4-5,8-12H2/t14-,15-,16+/m1/s1. The van der Waals surface area contributed by atoms with Crippen LogP contribution in [-0.4, -0.2) is 48.2 Å². The van der Waals surface area contributed by atoms with E-state index in [9.17, 15) is 10.2 Å². The molecule has 0 amide bonds. The Hall–Kier alpha value is -0.940. The number of rotatable bonds is 4. The van der Waals surface area contributed by atoms with Gasteiger partial charge < -0.3 is 20.3 Å². The molecule has 0 unspecified atom stereocenters. The predicted molar refractivity (Wildman–Crippen MR) is 81.2 cm³/mol. The van der Waals surface area contributed by atoms with Crippen LogP contribution in [0.3, 0.4) is 0 Å². The first-order valence-electron chi connectivity index (χ1n) is 7.94. The van der Waals surface area contributed by atoms with E-state index in [2.05, 4.69) is 35.6 Å². The second-order valence-electron chi connectivity index (χ2n) is 6.44. The Bertz CT molecular complexity index is 445. The van der Waals surface area contributed by atoms with Crippen LogP contribution in [0.4, 0.5) is 0 Å². The van der Waals surface area contributed by atoms with Gasteiger partial charge in [0.05, 0.1) is 25.4 Å². The van der Waals surface area contributed by atoms with Crippen molar-refractivity contribution in [2.24, 2.45) is 0 Å². The van der Waals surface area contributed by atoms with E-state index in [0.717, 1.165) is 6.54 Å². The fourth-order valence-electron chi connectivity index (χ4n) is 3.70. The van der Waals surface area contributed by atoms with Crippen LogP contribution in [0, 0.1) is 0 Å². The number of nitrogens with one attached hydrogen (secondary N) is 1. The molecular formula is C17H25NO3. The summed E-state index contributed by atoms with van der Waals surface area (Å²) in [6, 6.07) is 10.5. The molecule has 1 aromatic rings. The van der Waals surface area contributed by atoms with Gasteiger partial charge in [-0.15, -0.1) is 0 Å². The van der Waals surface area contributed by atoms with Gasteiger partial charge in [0, 0.05) is 12.0 Å². The van der Waals surface area contributed by atoms with E-state index in [1.807, 2.05) is 0 Å². The normalized spacial score (nSPS) is 32.2. The van der Waals surface area contributed by atoms with Gasteiger partial charge in [-0.25, -0.2) is 0 Å². The lowest BCUT2D eigenvalue weighted by molar-refractivity contribution is -0.105. The molecule has 1 saturated carbocycles. The first-order valence-corrected chi connectivity index (χ1v) is 7.94. The van der Waals surface area contributed by atoms with Crippen molar-refractivity contribution in [3.63, 3.8) is 0 Å². The molecule has 3 rings (SSSR count). The van der Waals surface area contributed by atoms with Crippen LogP contribution in [0.5, 0.6) is 0 Å². The third-order valence-corrected chi connectivity index (χ3v) is 5.04. The fourth-order valence-corrected chi connectivity index (χ4v) is 3.70. The van der Waals surface area contributed by atoms with Crippen LogP contribution < -0.4 is 5.32 Å². The van der Waals surface area contributed by atoms with Gasteiger partial charge in [-0.05, 0) is 18.4 Å². The molecule has 4 nitrogen and oxygen atoms in total. The quantitative estimate of drug-likeness (QED) is 0.780. The molecule has 3 atom stereocenters. The maximum Gasteiger partial charge on any atom is 0.105 e. The molecule has 0 radical (unpaired) electrons. The summed E-state index contributed by atoms with van der Waals surface area (Å²) in [6.45, 7) is 1.51. The predicted octanol–water partition coefficient (Wildman–Crippen LogP) is 1.21. The minimum atomic E-state index is -0.785. The first-order chi connectivity index (χ1) is 10.2. The Morgan fingerprint density at radius 1 is 1.10 bits per heavy atom. The molecule has 1 aliphatic heterocycles. The second kappa shape index (κ2) is 6.44. The molecule has 4 heteroatoms. The van der Waals surface area contributed by atoms with Crippen molar-refractivity contribution >= 4 is 0 Å². The monoisotopic (exact) mass is 291 g/mol.